The van der Waals surface area contributed by atoms with E-state index in [4.69, 9.17) is 0 Å². The second kappa shape index (κ2) is 5.99. The van der Waals surface area contributed by atoms with Crippen molar-refractivity contribution in [3.05, 3.63) is 25.5 Å². The van der Waals surface area contributed by atoms with E-state index in [0.717, 1.165) is 22.4 Å². The van der Waals surface area contributed by atoms with Crippen molar-refractivity contribution in [2.24, 2.45) is 5.92 Å². The highest BCUT2D eigenvalue weighted by Crippen LogP contribution is 2.29. The predicted molar refractivity (Wildman–Crippen MR) is 80.3 cm³/mol. The molecule has 1 N–H and O–H groups in total. The predicted octanol–water partition coefficient (Wildman–Crippen LogP) is 2.28. The highest BCUT2D eigenvalue weighted by atomic mass is 32.1. The average Bonchev–Trinajstić information content (AvgIpc) is 2.89. The molecule has 2 heterocycles. The molecule has 0 aliphatic heterocycles. The van der Waals surface area contributed by atoms with E-state index in [-0.39, 0.29) is 4.96 Å². The van der Waals surface area contributed by atoms with E-state index in [2.05, 4.69) is 10.1 Å². The molecule has 118 valence electrons. The van der Waals surface area contributed by atoms with Gasteiger partial charge in [0.1, 0.15) is 5.01 Å². The second-order valence-electron chi connectivity index (χ2n) is 5.58. The van der Waals surface area contributed by atoms with Gasteiger partial charge in [-0.2, -0.15) is 14.6 Å². The molecule has 2 aromatic rings. The van der Waals surface area contributed by atoms with Crippen LogP contribution in [0.3, 0.4) is 0 Å². The van der Waals surface area contributed by atoms with Crippen LogP contribution in [0.1, 0.15) is 43.5 Å². The third kappa shape index (κ3) is 2.80. The third-order valence-electron chi connectivity index (χ3n) is 4.09. The standard InChI is InChI=1S/C13H16N4O4S/c18-11-10(17(20)21)12(19)16-13(14-11)22-9(15-16)7-6-8-4-2-1-3-5-8/h8,19H,1-7H2. The van der Waals surface area contributed by atoms with Crippen LogP contribution in [0.15, 0.2) is 4.79 Å². The zero-order chi connectivity index (χ0) is 15.7. The Morgan fingerprint density at radius 1 is 1.36 bits per heavy atom. The maximum atomic E-state index is 11.6. The lowest BCUT2D eigenvalue weighted by atomic mass is 9.86. The number of fused-ring (bicyclic) bond motifs is 1. The lowest BCUT2D eigenvalue weighted by molar-refractivity contribution is -0.387. The second-order valence-corrected chi connectivity index (χ2v) is 6.62. The van der Waals surface area contributed by atoms with Crippen molar-refractivity contribution in [1.82, 2.24) is 14.6 Å². The lowest BCUT2D eigenvalue weighted by Gasteiger charge is -2.20. The average molecular weight is 324 g/mol. The summed E-state index contributed by atoms with van der Waals surface area (Å²) in [5.74, 6) is -0.0584. The summed E-state index contributed by atoms with van der Waals surface area (Å²) in [6.07, 6.45) is 8.06. The van der Waals surface area contributed by atoms with Crippen LogP contribution in [0.5, 0.6) is 5.88 Å². The van der Waals surface area contributed by atoms with Gasteiger partial charge in [0.2, 0.25) is 4.96 Å². The van der Waals surface area contributed by atoms with Gasteiger partial charge < -0.3 is 5.11 Å². The number of hydrogen-bond donors (Lipinski definition) is 1. The molecule has 1 fully saturated rings. The maximum Gasteiger partial charge on any atom is 0.397 e. The maximum absolute atomic E-state index is 11.6. The molecule has 0 spiro atoms. The van der Waals surface area contributed by atoms with Gasteiger partial charge in [-0.15, -0.1) is 0 Å². The van der Waals surface area contributed by atoms with E-state index >= 15 is 0 Å². The summed E-state index contributed by atoms with van der Waals surface area (Å²) in [6, 6.07) is 0. The van der Waals surface area contributed by atoms with Crippen molar-refractivity contribution in [2.75, 3.05) is 0 Å². The summed E-state index contributed by atoms with van der Waals surface area (Å²) in [5, 5.41) is 25.5. The molecule has 0 unspecified atom stereocenters. The SMILES string of the molecule is O=c1nc2sc(CCC3CCCCC3)nn2c(O)c1[N+](=O)[O-]. The van der Waals surface area contributed by atoms with Gasteiger partial charge in [0.05, 0.1) is 4.92 Å². The number of aryl methyl sites for hydroxylation is 1. The van der Waals surface area contributed by atoms with Gasteiger partial charge in [-0.25, -0.2) is 0 Å². The molecule has 0 atom stereocenters. The summed E-state index contributed by atoms with van der Waals surface area (Å²) in [6.45, 7) is 0. The summed E-state index contributed by atoms with van der Waals surface area (Å²) in [7, 11) is 0. The lowest BCUT2D eigenvalue weighted by Crippen LogP contribution is -2.14. The van der Waals surface area contributed by atoms with Crippen molar-refractivity contribution in [2.45, 2.75) is 44.9 Å². The number of nitrogens with zero attached hydrogens (tertiary/aromatic N) is 4. The molecule has 3 rings (SSSR count). The summed E-state index contributed by atoms with van der Waals surface area (Å²) in [4.78, 5) is 25.2. The van der Waals surface area contributed by atoms with E-state index in [0.29, 0.717) is 5.92 Å². The van der Waals surface area contributed by atoms with E-state index in [1.54, 1.807) is 0 Å². The van der Waals surface area contributed by atoms with E-state index in [9.17, 15) is 20.0 Å². The Balaban J connectivity index is 1.85. The monoisotopic (exact) mass is 324 g/mol. The van der Waals surface area contributed by atoms with E-state index in [1.165, 1.54) is 43.4 Å². The normalized spacial score (nSPS) is 16.2. The van der Waals surface area contributed by atoms with Crippen LogP contribution in [0.25, 0.3) is 4.96 Å². The first-order valence-corrected chi connectivity index (χ1v) is 8.14. The highest BCUT2D eigenvalue weighted by Gasteiger charge is 2.25. The number of hydrogen-bond acceptors (Lipinski definition) is 7. The molecule has 0 amide bonds. The van der Waals surface area contributed by atoms with Crippen LogP contribution in [0.2, 0.25) is 0 Å². The Hall–Kier alpha value is -2.03. The first-order chi connectivity index (χ1) is 10.6. The molecule has 0 bridgehead atoms. The first kappa shape index (κ1) is 14.9. The minimum Gasteiger partial charge on any atom is -0.488 e. The summed E-state index contributed by atoms with van der Waals surface area (Å²) >= 11 is 1.19. The van der Waals surface area contributed by atoms with Gasteiger partial charge in [0.25, 0.3) is 0 Å². The third-order valence-corrected chi connectivity index (χ3v) is 5.06. The van der Waals surface area contributed by atoms with Crippen LogP contribution in [0, 0.1) is 16.0 Å². The summed E-state index contributed by atoms with van der Waals surface area (Å²) < 4.78 is 0.987. The Bertz CT molecular complexity index is 763. The molecule has 0 saturated heterocycles. The van der Waals surface area contributed by atoms with Crippen molar-refractivity contribution in [1.29, 1.82) is 0 Å². The van der Waals surface area contributed by atoms with Gasteiger partial charge in [0.15, 0.2) is 0 Å². The van der Waals surface area contributed by atoms with Crippen molar-refractivity contribution < 1.29 is 10.0 Å². The Morgan fingerprint density at radius 2 is 2.09 bits per heavy atom. The molecule has 8 nitrogen and oxygen atoms in total. The Kier molecular flexibility index (Phi) is 4.06. The first-order valence-electron chi connectivity index (χ1n) is 7.32. The Labute approximate surface area is 129 Å². The fourth-order valence-electron chi connectivity index (χ4n) is 2.93. The molecule has 0 aromatic carbocycles. The molecule has 0 radical (unpaired) electrons. The van der Waals surface area contributed by atoms with Crippen LogP contribution < -0.4 is 5.56 Å². The molecule has 1 saturated carbocycles. The molecule has 22 heavy (non-hydrogen) atoms. The van der Waals surface area contributed by atoms with Crippen LogP contribution in [-0.2, 0) is 6.42 Å². The molecule has 9 heteroatoms. The van der Waals surface area contributed by atoms with Gasteiger partial charge >= 0.3 is 17.1 Å². The van der Waals surface area contributed by atoms with Gasteiger partial charge in [0, 0.05) is 6.42 Å². The highest BCUT2D eigenvalue weighted by molar-refractivity contribution is 7.16. The largest absolute Gasteiger partial charge is 0.488 e. The fourth-order valence-corrected chi connectivity index (χ4v) is 3.83. The van der Waals surface area contributed by atoms with Crippen LogP contribution in [0.4, 0.5) is 5.69 Å². The minimum absolute atomic E-state index is 0.187. The van der Waals surface area contributed by atoms with Gasteiger partial charge in [-0.3, -0.25) is 14.9 Å². The summed E-state index contributed by atoms with van der Waals surface area (Å²) in [5.41, 5.74) is -1.97. The number of nitro groups is 1. The van der Waals surface area contributed by atoms with Gasteiger partial charge in [-0.05, 0) is 12.3 Å². The molecule has 1 aliphatic rings. The molecular formula is C13H16N4O4S. The van der Waals surface area contributed by atoms with Crippen molar-refractivity contribution in [3.8, 4) is 5.88 Å². The van der Waals surface area contributed by atoms with Crippen molar-refractivity contribution in [3.63, 3.8) is 0 Å². The fraction of sp³-hybridized carbons (Fsp3) is 0.615. The number of aromatic nitrogens is 3. The minimum atomic E-state index is -1.04. The molecule has 2 aromatic heterocycles. The van der Waals surface area contributed by atoms with Crippen LogP contribution >= 0.6 is 11.3 Å². The molecule has 1 aliphatic carbocycles. The number of rotatable bonds is 4. The zero-order valence-electron chi connectivity index (χ0n) is 11.9. The van der Waals surface area contributed by atoms with Crippen LogP contribution in [-0.4, -0.2) is 24.6 Å². The zero-order valence-corrected chi connectivity index (χ0v) is 12.7. The Morgan fingerprint density at radius 3 is 2.77 bits per heavy atom. The quantitative estimate of drug-likeness (QED) is 0.682. The number of aromatic hydroxyl groups is 1. The molecular weight excluding hydrogens is 308 g/mol. The smallest absolute Gasteiger partial charge is 0.397 e. The topological polar surface area (TPSA) is 111 Å². The van der Waals surface area contributed by atoms with Crippen molar-refractivity contribution >= 4 is 22.0 Å². The van der Waals surface area contributed by atoms with E-state index in [1.807, 2.05) is 0 Å². The van der Waals surface area contributed by atoms with Gasteiger partial charge in [-0.1, -0.05) is 43.4 Å². The van der Waals surface area contributed by atoms with E-state index < -0.39 is 22.0 Å².